The molecule has 2 aromatic rings. The average Bonchev–Trinajstić information content (AvgIpc) is 2.93. The molecule has 0 radical (unpaired) electrons. The van der Waals surface area contributed by atoms with E-state index in [0.717, 1.165) is 33.1 Å². The van der Waals surface area contributed by atoms with Crippen LogP contribution in [0.2, 0.25) is 0 Å². The first kappa shape index (κ1) is 12.1. The minimum absolute atomic E-state index is 0.402. The van der Waals surface area contributed by atoms with Crippen molar-refractivity contribution in [1.29, 1.82) is 0 Å². The topological polar surface area (TPSA) is 50.2 Å². The van der Waals surface area contributed by atoms with Gasteiger partial charge in [-0.25, -0.2) is 9.78 Å². The molecule has 0 aliphatic heterocycles. The van der Waals surface area contributed by atoms with E-state index in [0.29, 0.717) is 10.8 Å². The fourth-order valence-corrected chi connectivity index (χ4v) is 4.18. The van der Waals surface area contributed by atoms with E-state index in [9.17, 15) is 9.90 Å². The molecule has 0 atom stereocenters. The summed E-state index contributed by atoms with van der Waals surface area (Å²) in [6.45, 7) is 0. The van der Waals surface area contributed by atoms with Crippen LogP contribution in [0.15, 0.2) is 16.9 Å². The zero-order valence-electron chi connectivity index (χ0n) is 9.65. The number of fused-ring (bicyclic) bond motifs is 1. The van der Waals surface area contributed by atoms with Crippen LogP contribution in [0.4, 0.5) is 0 Å². The van der Waals surface area contributed by atoms with Gasteiger partial charge in [0.25, 0.3) is 0 Å². The molecule has 1 saturated carbocycles. The third kappa shape index (κ3) is 1.95. The lowest BCUT2D eigenvalue weighted by atomic mass is 9.95. The Kier molecular flexibility index (Phi) is 3.11. The van der Waals surface area contributed by atoms with Gasteiger partial charge in [0.2, 0.25) is 0 Å². The highest BCUT2D eigenvalue weighted by Gasteiger charge is 2.27. The van der Waals surface area contributed by atoms with E-state index in [1.54, 1.807) is 6.20 Å². The van der Waals surface area contributed by atoms with Gasteiger partial charge >= 0.3 is 5.97 Å². The summed E-state index contributed by atoms with van der Waals surface area (Å²) in [6.07, 6.45) is 6.37. The van der Waals surface area contributed by atoms with Crippen LogP contribution in [0, 0.1) is 0 Å². The molecule has 2 aromatic heterocycles. The van der Waals surface area contributed by atoms with Crippen molar-refractivity contribution in [2.24, 2.45) is 0 Å². The zero-order chi connectivity index (χ0) is 12.7. The molecular formula is C13H12BrNO2S. The smallest absolute Gasteiger partial charge is 0.346 e. The molecular weight excluding hydrogens is 314 g/mol. The van der Waals surface area contributed by atoms with Gasteiger partial charge in [0, 0.05) is 11.6 Å². The van der Waals surface area contributed by atoms with Crippen molar-refractivity contribution in [2.45, 2.75) is 31.6 Å². The second kappa shape index (κ2) is 4.63. The average molecular weight is 326 g/mol. The van der Waals surface area contributed by atoms with E-state index < -0.39 is 5.97 Å². The van der Waals surface area contributed by atoms with Gasteiger partial charge in [-0.05, 0) is 46.3 Å². The van der Waals surface area contributed by atoms with Gasteiger partial charge < -0.3 is 5.11 Å². The van der Waals surface area contributed by atoms with Crippen LogP contribution in [0.5, 0.6) is 0 Å². The third-order valence-corrected chi connectivity index (χ3v) is 5.12. The van der Waals surface area contributed by atoms with Crippen LogP contribution in [0.25, 0.3) is 10.1 Å². The normalized spacial score (nSPS) is 16.5. The highest BCUT2D eigenvalue weighted by atomic mass is 79.9. The number of carboxylic acids is 1. The monoisotopic (exact) mass is 325 g/mol. The first-order valence-electron chi connectivity index (χ1n) is 5.98. The maximum atomic E-state index is 11.4. The fourth-order valence-electron chi connectivity index (χ4n) is 2.78. The molecule has 3 nitrogen and oxygen atoms in total. The number of carbonyl (C=O) groups is 1. The van der Waals surface area contributed by atoms with E-state index >= 15 is 0 Å². The maximum Gasteiger partial charge on any atom is 0.346 e. The predicted molar refractivity (Wildman–Crippen MR) is 75.5 cm³/mol. The maximum absolute atomic E-state index is 11.4. The predicted octanol–water partition coefficient (Wildman–Crippen LogP) is 4.41. The first-order chi connectivity index (χ1) is 8.66. The number of aromatic carboxylic acids is 1. The summed E-state index contributed by atoms with van der Waals surface area (Å²) in [6, 6.07) is 1.95. The van der Waals surface area contributed by atoms with Gasteiger partial charge in [0.15, 0.2) is 0 Å². The second-order valence-electron chi connectivity index (χ2n) is 4.63. The summed E-state index contributed by atoms with van der Waals surface area (Å²) >= 11 is 4.71. The van der Waals surface area contributed by atoms with Gasteiger partial charge in [-0.15, -0.1) is 11.3 Å². The summed E-state index contributed by atoms with van der Waals surface area (Å²) in [4.78, 5) is 16.1. The van der Waals surface area contributed by atoms with Crippen molar-refractivity contribution < 1.29 is 9.90 Å². The molecule has 0 aromatic carbocycles. The van der Waals surface area contributed by atoms with Gasteiger partial charge in [-0.3, -0.25) is 0 Å². The minimum atomic E-state index is -0.811. The highest BCUT2D eigenvalue weighted by molar-refractivity contribution is 9.10. The SMILES string of the molecule is O=C(O)c1sc2cnc(Br)cc2c1C1CCCC1. The number of nitrogens with zero attached hydrogens (tertiary/aromatic N) is 1. The number of halogens is 1. The lowest BCUT2D eigenvalue weighted by molar-refractivity contribution is 0.0700. The van der Waals surface area contributed by atoms with Crippen molar-refractivity contribution in [3.8, 4) is 0 Å². The Bertz CT molecular complexity index is 617. The molecule has 0 bridgehead atoms. The second-order valence-corrected chi connectivity index (χ2v) is 6.50. The quantitative estimate of drug-likeness (QED) is 0.832. The Morgan fingerprint density at radius 1 is 1.44 bits per heavy atom. The van der Waals surface area contributed by atoms with Crippen LogP contribution in [-0.4, -0.2) is 16.1 Å². The standard InChI is InChI=1S/C13H12BrNO2S/c14-10-5-8-9(6-15-10)18-12(13(16)17)11(8)7-3-1-2-4-7/h5-7H,1-4H2,(H,16,17). The van der Waals surface area contributed by atoms with E-state index in [4.69, 9.17) is 0 Å². The number of thiophene rings is 1. The number of aromatic nitrogens is 1. The van der Waals surface area contributed by atoms with Gasteiger partial charge in [-0.1, -0.05) is 12.8 Å². The van der Waals surface area contributed by atoms with Crippen molar-refractivity contribution in [2.75, 3.05) is 0 Å². The summed E-state index contributed by atoms with van der Waals surface area (Å²) in [5, 5.41) is 10.4. The number of hydrogen-bond donors (Lipinski definition) is 1. The molecule has 0 saturated heterocycles. The van der Waals surface area contributed by atoms with E-state index in [1.165, 1.54) is 24.2 Å². The van der Waals surface area contributed by atoms with Crippen LogP contribution in [-0.2, 0) is 0 Å². The van der Waals surface area contributed by atoms with Crippen molar-refractivity contribution in [3.05, 3.63) is 27.3 Å². The fraction of sp³-hybridized carbons (Fsp3) is 0.385. The molecule has 1 aliphatic carbocycles. The van der Waals surface area contributed by atoms with Crippen molar-refractivity contribution in [3.63, 3.8) is 0 Å². The Labute approximate surface area is 117 Å². The summed E-state index contributed by atoms with van der Waals surface area (Å²) in [5.41, 5.74) is 1.03. The number of hydrogen-bond acceptors (Lipinski definition) is 3. The van der Waals surface area contributed by atoms with Gasteiger partial charge in [0.1, 0.15) is 9.48 Å². The Hall–Kier alpha value is -0.940. The summed E-state index contributed by atoms with van der Waals surface area (Å²) < 4.78 is 1.74. The molecule has 0 spiro atoms. The van der Waals surface area contributed by atoms with E-state index in [2.05, 4.69) is 20.9 Å². The number of pyridine rings is 1. The Morgan fingerprint density at radius 2 is 2.17 bits per heavy atom. The molecule has 94 valence electrons. The van der Waals surface area contributed by atoms with Crippen LogP contribution in [0.3, 0.4) is 0 Å². The minimum Gasteiger partial charge on any atom is -0.477 e. The van der Waals surface area contributed by atoms with Gasteiger partial charge in [-0.2, -0.15) is 0 Å². The number of rotatable bonds is 2. The number of carboxylic acid groups (broad SMARTS) is 1. The largest absolute Gasteiger partial charge is 0.477 e. The third-order valence-electron chi connectivity index (χ3n) is 3.54. The van der Waals surface area contributed by atoms with Gasteiger partial charge in [0.05, 0.1) is 4.70 Å². The molecule has 1 fully saturated rings. The molecule has 1 N–H and O–H groups in total. The lowest BCUT2D eigenvalue weighted by Crippen LogP contribution is -2.01. The lowest BCUT2D eigenvalue weighted by Gasteiger charge is -2.09. The highest BCUT2D eigenvalue weighted by Crippen LogP contribution is 2.43. The van der Waals surface area contributed by atoms with Crippen molar-refractivity contribution >= 4 is 43.3 Å². The Balaban J connectivity index is 2.26. The van der Waals surface area contributed by atoms with E-state index in [-0.39, 0.29) is 0 Å². The molecule has 1 aliphatic rings. The summed E-state index contributed by atoms with van der Waals surface area (Å²) in [7, 11) is 0. The molecule has 0 unspecified atom stereocenters. The molecule has 0 amide bonds. The zero-order valence-corrected chi connectivity index (χ0v) is 12.1. The first-order valence-corrected chi connectivity index (χ1v) is 7.59. The van der Waals surface area contributed by atoms with Crippen molar-refractivity contribution in [1.82, 2.24) is 4.98 Å². The van der Waals surface area contributed by atoms with Crippen LogP contribution < -0.4 is 0 Å². The molecule has 3 rings (SSSR count). The Morgan fingerprint density at radius 3 is 2.83 bits per heavy atom. The molecule has 5 heteroatoms. The molecule has 18 heavy (non-hydrogen) atoms. The molecule has 2 heterocycles. The van der Waals surface area contributed by atoms with Crippen LogP contribution in [0.1, 0.15) is 46.8 Å². The summed E-state index contributed by atoms with van der Waals surface area (Å²) in [5.74, 6) is -0.409. The van der Waals surface area contributed by atoms with Crippen LogP contribution >= 0.6 is 27.3 Å². The van der Waals surface area contributed by atoms with E-state index in [1.807, 2.05) is 6.07 Å².